The lowest BCUT2D eigenvalue weighted by Crippen LogP contribution is -1.97. The summed E-state index contributed by atoms with van der Waals surface area (Å²) in [5.74, 6) is 0. The molecule has 2 rings (SSSR count). The number of aliphatic hydroxyl groups is 1. The topological polar surface area (TPSA) is 68.1 Å². The van der Waals surface area contributed by atoms with Crippen LogP contribution >= 0.6 is 22.9 Å². The Kier molecular flexibility index (Phi) is 2.71. The number of ether oxygens (including phenoxy) is 1. The van der Waals surface area contributed by atoms with E-state index in [-0.39, 0.29) is 0 Å². The number of rotatable bonds is 3. The Hall–Kier alpha value is -1.05. The van der Waals surface area contributed by atoms with Crippen LogP contribution in [0.3, 0.4) is 0 Å². The van der Waals surface area contributed by atoms with E-state index in [4.69, 9.17) is 4.74 Å². The second-order valence-corrected chi connectivity index (χ2v) is 4.10. The van der Waals surface area contributed by atoms with Crippen molar-refractivity contribution in [2.24, 2.45) is 0 Å². The van der Waals surface area contributed by atoms with Crippen molar-refractivity contribution in [1.82, 2.24) is 14.6 Å². The van der Waals surface area contributed by atoms with Crippen LogP contribution < -0.4 is 4.74 Å². The first-order valence-corrected chi connectivity index (χ1v) is 5.41. The van der Waals surface area contributed by atoms with E-state index < -0.39 is 6.10 Å². The van der Waals surface area contributed by atoms with E-state index >= 15 is 0 Å². The minimum Gasteiger partial charge on any atom is -0.473 e. The van der Waals surface area contributed by atoms with Gasteiger partial charge in [0.25, 0.3) is 5.19 Å². The van der Waals surface area contributed by atoms with E-state index in [9.17, 15) is 5.11 Å². The first-order chi connectivity index (χ1) is 6.81. The molecule has 5 nitrogen and oxygen atoms in total. The molecule has 0 radical (unpaired) electrons. The average molecular weight is 229 g/mol. The smallest absolute Gasteiger partial charge is 0.273 e. The molecule has 1 unspecified atom stereocenters. The zero-order valence-electron chi connectivity index (χ0n) is 7.25. The van der Waals surface area contributed by atoms with Gasteiger partial charge in [-0.2, -0.15) is 0 Å². The number of hydrogen-bond acceptors (Lipinski definition) is 7. The molecule has 7 heteroatoms. The summed E-state index contributed by atoms with van der Waals surface area (Å²) in [5, 5.41) is 15.7. The molecule has 2 aromatic rings. The molecular formula is C7H7N3O2S2. The van der Waals surface area contributed by atoms with Gasteiger partial charge in [0, 0.05) is 5.38 Å². The third-order valence-electron chi connectivity index (χ3n) is 1.60. The van der Waals surface area contributed by atoms with Crippen molar-refractivity contribution in [2.45, 2.75) is 6.10 Å². The fourth-order valence-corrected chi connectivity index (χ4v) is 2.09. The molecule has 2 aromatic heterocycles. The Morgan fingerprint density at radius 1 is 1.57 bits per heavy atom. The van der Waals surface area contributed by atoms with Crippen molar-refractivity contribution in [1.29, 1.82) is 0 Å². The van der Waals surface area contributed by atoms with Crippen LogP contribution in [0.5, 0.6) is 5.19 Å². The summed E-state index contributed by atoms with van der Waals surface area (Å²) < 4.78 is 8.60. The van der Waals surface area contributed by atoms with Crippen LogP contribution in [0, 0.1) is 0 Å². The molecule has 14 heavy (non-hydrogen) atoms. The molecule has 0 aromatic carbocycles. The summed E-state index contributed by atoms with van der Waals surface area (Å²) >= 11 is 2.50. The lowest BCUT2D eigenvalue weighted by Gasteiger charge is -2.01. The fraction of sp³-hybridized carbons (Fsp3) is 0.286. The first-order valence-electron chi connectivity index (χ1n) is 3.76. The van der Waals surface area contributed by atoms with Crippen LogP contribution in [0.1, 0.15) is 16.7 Å². The maximum atomic E-state index is 9.81. The maximum absolute atomic E-state index is 9.81. The third kappa shape index (κ3) is 1.74. The van der Waals surface area contributed by atoms with Gasteiger partial charge in [-0.15, -0.1) is 5.10 Å². The second kappa shape index (κ2) is 3.99. The standard InChI is InChI=1S/C7H7N3O2S2/c1-12-7-9-4(3-13-7)6(11)5-2-8-10-14-5/h2-3,6,11H,1H3. The first kappa shape index (κ1) is 9.50. The van der Waals surface area contributed by atoms with Gasteiger partial charge in [0.2, 0.25) is 0 Å². The van der Waals surface area contributed by atoms with Crippen molar-refractivity contribution < 1.29 is 9.84 Å². The predicted molar refractivity (Wildman–Crippen MR) is 52.6 cm³/mol. The molecule has 0 aliphatic rings. The number of nitrogens with zero attached hydrogens (tertiary/aromatic N) is 3. The van der Waals surface area contributed by atoms with E-state index in [0.29, 0.717) is 15.8 Å². The largest absolute Gasteiger partial charge is 0.473 e. The van der Waals surface area contributed by atoms with Gasteiger partial charge in [-0.1, -0.05) is 15.8 Å². The van der Waals surface area contributed by atoms with E-state index in [1.807, 2.05) is 0 Å². The Labute approximate surface area is 88.2 Å². The SMILES string of the molecule is COc1nc(C(O)c2cnns2)cs1. The summed E-state index contributed by atoms with van der Waals surface area (Å²) in [7, 11) is 1.54. The number of aliphatic hydroxyl groups excluding tert-OH is 1. The lowest BCUT2D eigenvalue weighted by molar-refractivity contribution is 0.218. The predicted octanol–water partition coefficient (Wildman–Crippen LogP) is 1.08. The monoisotopic (exact) mass is 229 g/mol. The molecule has 2 heterocycles. The van der Waals surface area contributed by atoms with Gasteiger partial charge in [0.15, 0.2) is 0 Å². The van der Waals surface area contributed by atoms with Gasteiger partial charge >= 0.3 is 0 Å². The molecule has 0 amide bonds. The van der Waals surface area contributed by atoms with Crippen molar-refractivity contribution in [2.75, 3.05) is 7.11 Å². The molecular weight excluding hydrogens is 222 g/mol. The van der Waals surface area contributed by atoms with Gasteiger partial charge in [-0.3, -0.25) is 0 Å². The molecule has 0 bridgehead atoms. The molecule has 0 fully saturated rings. The molecule has 0 aliphatic heterocycles. The highest BCUT2D eigenvalue weighted by atomic mass is 32.1. The third-order valence-corrected chi connectivity index (χ3v) is 3.14. The van der Waals surface area contributed by atoms with Crippen molar-refractivity contribution in [3.63, 3.8) is 0 Å². The van der Waals surface area contributed by atoms with Gasteiger partial charge in [0.05, 0.1) is 23.9 Å². The van der Waals surface area contributed by atoms with Crippen LogP contribution in [-0.2, 0) is 0 Å². The maximum Gasteiger partial charge on any atom is 0.273 e. The summed E-state index contributed by atoms with van der Waals surface area (Å²) in [5.41, 5.74) is 0.568. The highest BCUT2D eigenvalue weighted by Crippen LogP contribution is 2.27. The lowest BCUT2D eigenvalue weighted by atomic mass is 10.2. The van der Waals surface area contributed by atoms with Crippen molar-refractivity contribution >= 4 is 22.9 Å². The fourth-order valence-electron chi connectivity index (χ4n) is 0.929. The zero-order chi connectivity index (χ0) is 9.97. The van der Waals surface area contributed by atoms with Crippen LogP contribution in [0.25, 0.3) is 0 Å². The van der Waals surface area contributed by atoms with E-state index in [1.54, 1.807) is 12.5 Å². The average Bonchev–Trinajstić information content (AvgIpc) is 2.88. The molecule has 0 aliphatic carbocycles. The molecule has 0 saturated carbocycles. The van der Waals surface area contributed by atoms with E-state index in [2.05, 4.69) is 14.6 Å². The van der Waals surface area contributed by atoms with Crippen LogP contribution in [0.2, 0.25) is 0 Å². The molecule has 1 atom stereocenters. The summed E-state index contributed by atoms with van der Waals surface area (Å²) in [6.45, 7) is 0. The number of methoxy groups -OCH3 is 1. The molecule has 0 saturated heterocycles. The van der Waals surface area contributed by atoms with Gasteiger partial charge in [-0.05, 0) is 11.5 Å². The van der Waals surface area contributed by atoms with Crippen LogP contribution in [0.4, 0.5) is 0 Å². The highest BCUT2D eigenvalue weighted by molar-refractivity contribution is 7.11. The van der Waals surface area contributed by atoms with Gasteiger partial charge in [-0.25, -0.2) is 4.98 Å². The van der Waals surface area contributed by atoms with Crippen molar-refractivity contribution in [3.8, 4) is 5.19 Å². The van der Waals surface area contributed by atoms with Gasteiger partial charge < -0.3 is 9.84 Å². The summed E-state index contributed by atoms with van der Waals surface area (Å²) in [4.78, 5) is 4.76. The minimum absolute atomic E-state index is 0.538. The van der Waals surface area contributed by atoms with Crippen LogP contribution in [0.15, 0.2) is 11.6 Å². The number of thiazole rings is 1. The summed E-state index contributed by atoms with van der Waals surface area (Å²) in [6.07, 6.45) is 0.774. The second-order valence-electron chi connectivity index (χ2n) is 2.46. The Balaban J connectivity index is 2.23. The number of aromatic nitrogens is 3. The molecule has 74 valence electrons. The zero-order valence-corrected chi connectivity index (χ0v) is 8.88. The van der Waals surface area contributed by atoms with Gasteiger partial charge in [0.1, 0.15) is 6.10 Å². The molecule has 1 N–H and O–H groups in total. The Morgan fingerprint density at radius 2 is 2.43 bits per heavy atom. The Bertz CT molecular complexity index is 401. The van der Waals surface area contributed by atoms with E-state index in [0.717, 1.165) is 11.5 Å². The Morgan fingerprint density at radius 3 is 3.00 bits per heavy atom. The summed E-state index contributed by atoms with van der Waals surface area (Å²) in [6, 6.07) is 0. The molecule has 0 spiro atoms. The van der Waals surface area contributed by atoms with Crippen LogP contribution in [-0.4, -0.2) is 26.8 Å². The normalized spacial score (nSPS) is 12.7. The highest BCUT2D eigenvalue weighted by Gasteiger charge is 2.16. The van der Waals surface area contributed by atoms with E-state index in [1.165, 1.54) is 17.5 Å². The number of hydrogen-bond donors (Lipinski definition) is 1. The minimum atomic E-state index is -0.754. The quantitative estimate of drug-likeness (QED) is 0.853. The van der Waals surface area contributed by atoms with Crippen molar-refractivity contribution in [3.05, 3.63) is 22.1 Å².